The molecule has 1 rings (SSSR count). The average molecular weight is 373 g/mol. The molecule has 0 saturated heterocycles. The second-order valence-corrected chi connectivity index (χ2v) is 6.43. The summed E-state index contributed by atoms with van der Waals surface area (Å²) >= 11 is 0. The summed E-state index contributed by atoms with van der Waals surface area (Å²) < 4.78 is 0. The predicted octanol–water partition coefficient (Wildman–Crippen LogP) is 4.93. The molecule has 1 aromatic rings. The van der Waals surface area contributed by atoms with Crippen molar-refractivity contribution in [1.29, 1.82) is 5.41 Å². The molecule has 27 heavy (non-hydrogen) atoms. The van der Waals surface area contributed by atoms with Gasteiger partial charge in [0.2, 0.25) is 0 Å². The van der Waals surface area contributed by atoms with Gasteiger partial charge in [-0.3, -0.25) is 4.98 Å². The third kappa shape index (κ3) is 17.4. The first-order valence-electron chi connectivity index (χ1n) is 10.4. The van der Waals surface area contributed by atoms with E-state index in [1.54, 1.807) is 0 Å². The summed E-state index contributed by atoms with van der Waals surface area (Å²) in [5, 5.41) is 13.8. The molecular weight excluding hydrogens is 332 g/mol. The van der Waals surface area contributed by atoms with Gasteiger partial charge in [-0.1, -0.05) is 32.9 Å². The van der Waals surface area contributed by atoms with E-state index in [0.29, 0.717) is 0 Å². The minimum atomic E-state index is 1.06. The Bertz CT molecular complexity index is 494. The molecule has 152 valence electrons. The van der Waals surface area contributed by atoms with E-state index in [-0.39, 0.29) is 0 Å². The predicted molar refractivity (Wildman–Crippen MR) is 120 cm³/mol. The summed E-state index contributed by atoms with van der Waals surface area (Å²) in [7, 11) is 0. The molecule has 3 N–H and O–H groups in total. The Kier molecular flexibility index (Phi) is 19.2. The number of pyridine rings is 1. The fourth-order valence-electron chi connectivity index (χ4n) is 2.40. The maximum Gasteiger partial charge on any atom is 0.0270 e. The van der Waals surface area contributed by atoms with Crippen LogP contribution in [0.25, 0.3) is 0 Å². The molecule has 0 saturated carbocycles. The fourth-order valence-corrected chi connectivity index (χ4v) is 2.40. The van der Waals surface area contributed by atoms with Gasteiger partial charge in [0.25, 0.3) is 0 Å². The lowest BCUT2D eigenvalue weighted by molar-refractivity contribution is 0.641. The second-order valence-electron chi connectivity index (χ2n) is 6.43. The van der Waals surface area contributed by atoms with Gasteiger partial charge >= 0.3 is 0 Å². The van der Waals surface area contributed by atoms with Crippen LogP contribution in [-0.2, 0) is 6.42 Å². The molecule has 0 amide bonds. The van der Waals surface area contributed by atoms with Crippen molar-refractivity contribution in [2.45, 2.75) is 59.3 Å². The number of aromatic nitrogens is 1. The van der Waals surface area contributed by atoms with Crippen LogP contribution in [0.3, 0.4) is 0 Å². The van der Waals surface area contributed by atoms with Crippen molar-refractivity contribution in [3.63, 3.8) is 0 Å². The normalized spacial score (nSPS) is 11.3. The van der Waals surface area contributed by atoms with Crippen molar-refractivity contribution in [3.8, 4) is 0 Å². The van der Waals surface area contributed by atoms with Crippen molar-refractivity contribution < 1.29 is 0 Å². The first-order valence-corrected chi connectivity index (χ1v) is 10.4. The monoisotopic (exact) mass is 372 g/mol. The minimum Gasteiger partial charge on any atom is -0.317 e. The van der Waals surface area contributed by atoms with E-state index in [9.17, 15) is 0 Å². The van der Waals surface area contributed by atoms with Gasteiger partial charge in [-0.2, -0.15) is 0 Å². The molecule has 0 spiro atoms. The minimum absolute atomic E-state index is 1.06. The van der Waals surface area contributed by atoms with E-state index in [1.165, 1.54) is 30.2 Å². The molecule has 0 fully saturated rings. The highest BCUT2D eigenvalue weighted by molar-refractivity contribution is 5.69. The smallest absolute Gasteiger partial charge is 0.0270 e. The SMILES string of the molecule is CC/C=C\C(=C/C=N)CCCNCCC.CCCNCCc1ccncc1. The summed E-state index contributed by atoms with van der Waals surface area (Å²) in [6.07, 6.45) is 18.0. The van der Waals surface area contributed by atoms with Crippen LogP contribution in [0.1, 0.15) is 58.4 Å². The molecule has 0 aromatic carbocycles. The Morgan fingerprint density at radius 3 is 2.26 bits per heavy atom. The lowest BCUT2D eigenvalue weighted by atomic mass is 10.1. The fraction of sp³-hybridized carbons (Fsp3) is 0.565. The van der Waals surface area contributed by atoms with E-state index in [0.717, 1.165) is 51.9 Å². The van der Waals surface area contributed by atoms with Gasteiger partial charge in [0.15, 0.2) is 0 Å². The van der Waals surface area contributed by atoms with Gasteiger partial charge in [0, 0.05) is 18.6 Å². The van der Waals surface area contributed by atoms with Crippen molar-refractivity contribution in [2.75, 3.05) is 26.2 Å². The highest BCUT2D eigenvalue weighted by atomic mass is 14.8. The quantitative estimate of drug-likeness (QED) is 0.246. The summed E-state index contributed by atoms with van der Waals surface area (Å²) in [6.45, 7) is 10.8. The third-order valence-corrected chi connectivity index (χ3v) is 3.88. The number of rotatable bonds is 14. The molecule has 1 heterocycles. The standard InChI is InChI=1S/C13H24N2.C10H16N2/c1-3-5-7-13(9-10-14)8-6-12-15-11-4-2;1-2-6-11-7-3-10-4-8-12-9-5-10/h5,7,9-10,14-15H,3-4,6,8,11-12H2,1-2H3;4-5,8-9,11H,2-3,6-7H2,1H3/b7-5-,13-9+,14-10?;. The Morgan fingerprint density at radius 1 is 1.00 bits per heavy atom. The number of hydrogen-bond acceptors (Lipinski definition) is 4. The van der Waals surface area contributed by atoms with Gasteiger partial charge in [-0.05, 0) is 94.0 Å². The van der Waals surface area contributed by atoms with E-state index in [1.807, 2.05) is 18.5 Å². The number of nitrogens with one attached hydrogen (secondary N) is 3. The maximum atomic E-state index is 7.06. The number of allylic oxidation sites excluding steroid dienone is 4. The Balaban J connectivity index is 0.000000511. The maximum absolute atomic E-state index is 7.06. The lowest BCUT2D eigenvalue weighted by Crippen LogP contribution is -2.17. The van der Waals surface area contributed by atoms with Crippen molar-refractivity contribution >= 4 is 6.21 Å². The van der Waals surface area contributed by atoms with Crippen LogP contribution in [0.5, 0.6) is 0 Å². The number of hydrogen-bond donors (Lipinski definition) is 3. The Labute approximate surface area is 167 Å². The summed E-state index contributed by atoms with van der Waals surface area (Å²) in [5.74, 6) is 0. The van der Waals surface area contributed by atoms with E-state index >= 15 is 0 Å². The first kappa shape index (κ1) is 25.2. The summed E-state index contributed by atoms with van der Waals surface area (Å²) in [4.78, 5) is 3.97. The third-order valence-electron chi connectivity index (χ3n) is 3.88. The zero-order valence-corrected chi connectivity index (χ0v) is 17.6. The van der Waals surface area contributed by atoms with Gasteiger partial charge in [0.05, 0.1) is 0 Å². The average Bonchev–Trinajstić information content (AvgIpc) is 2.70. The highest BCUT2D eigenvalue weighted by Crippen LogP contribution is 2.06. The van der Waals surface area contributed by atoms with Crippen LogP contribution in [-0.4, -0.2) is 37.4 Å². The Hall–Kier alpha value is -1.78. The van der Waals surface area contributed by atoms with E-state index in [4.69, 9.17) is 5.41 Å². The molecule has 0 aliphatic carbocycles. The van der Waals surface area contributed by atoms with Gasteiger partial charge in [-0.25, -0.2) is 0 Å². The second kappa shape index (κ2) is 20.5. The molecule has 0 unspecified atom stereocenters. The first-order chi connectivity index (χ1) is 13.3. The molecule has 1 aromatic heterocycles. The topological polar surface area (TPSA) is 60.8 Å². The summed E-state index contributed by atoms with van der Waals surface area (Å²) in [6, 6.07) is 4.13. The van der Waals surface area contributed by atoms with Crippen LogP contribution in [0.15, 0.2) is 48.3 Å². The van der Waals surface area contributed by atoms with Crippen LogP contribution in [0.4, 0.5) is 0 Å². The number of nitrogens with zero attached hydrogens (tertiary/aromatic N) is 1. The van der Waals surface area contributed by atoms with E-state index in [2.05, 4.69) is 60.7 Å². The Morgan fingerprint density at radius 2 is 1.67 bits per heavy atom. The molecule has 0 radical (unpaired) electrons. The van der Waals surface area contributed by atoms with Crippen molar-refractivity contribution in [2.24, 2.45) is 0 Å². The molecule has 4 nitrogen and oxygen atoms in total. The summed E-state index contributed by atoms with van der Waals surface area (Å²) in [5.41, 5.74) is 2.61. The van der Waals surface area contributed by atoms with Crippen LogP contribution < -0.4 is 10.6 Å². The van der Waals surface area contributed by atoms with E-state index < -0.39 is 0 Å². The molecular formula is C23H40N4. The molecule has 0 aliphatic heterocycles. The van der Waals surface area contributed by atoms with Crippen LogP contribution in [0.2, 0.25) is 0 Å². The lowest BCUT2D eigenvalue weighted by Gasteiger charge is -2.03. The van der Waals surface area contributed by atoms with Crippen molar-refractivity contribution in [1.82, 2.24) is 15.6 Å². The van der Waals surface area contributed by atoms with Crippen LogP contribution in [0, 0.1) is 5.41 Å². The zero-order chi connectivity index (χ0) is 20.0. The van der Waals surface area contributed by atoms with Gasteiger partial charge in [0.1, 0.15) is 0 Å². The largest absolute Gasteiger partial charge is 0.317 e. The highest BCUT2D eigenvalue weighted by Gasteiger charge is 1.92. The molecule has 0 atom stereocenters. The molecule has 0 bridgehead atoms. The molecule has 4 heteroatoms. The van der Waals surface area contributed by atoms with Gasteiger partial charge in [-0.15, -0.1) is 0 Å². The molecule has 0 aliphatic rings. The van der Waals surface area contributed by atoms with Gasteiger partial charge < -0.3 is 16.0 Å². The zero-order valence-electron chi connectivity index (χ0n) is 17.6. The van der Waals surface area contributed by atoms with Crippen LogP contribution >= 0.6 is 0 Å². The van der Waals surface area contributed by atoms with Crippen molar-refractivity contribution in [3.05, 3.63) is 53.9 Å².